The fourth-order valence-electron chi connectivity index (χ4n) is 1.88. The number of carbonyl (C=O) groups is 1. The van der Waals surface area contributed by atoms with Gasteiger partial charge in [0.05, 0.1) is 12.3 Å². The average Bonchev–Trinajstić information content (AvgIpc) is 2.99. The van der Waals surface area contributed by atoms with Crippen LogP contribution in [0, 0.1) is 5.41 Å². The highest BCUT2D eigenvalue weighted by atomic mass is 16.5. The first-order valence-electron chi connectivity index (χ1n) is 6.57. The Morgan fingerprint density at radius 1 is 1.44 bits per heavy atom. The van der Waals surface area contributed by atoms with Gasteiger partial charge in [-0.25, -0.2) is 9.78 Å². The zero-order valence-electron chi connectivity index (χ0n) is 11.6. The van der Waals surface area contributed by atoms with Gasteiger partial charge in [0.25, 0.3) is 0 Å². The number of carbonyl (C=O) groups excluding carboxylic acids is 1. The molecule has 0 spiro atoms. The van der Waals surface area contributed by atoms with Gasteiger partial charge in [0.2, 0.25) is 5.76 Å². The van der Waals surface area contributed by atoms with E-state index in [1.807, 2.05) is 0 Å². The summed E-state index contributed by atoms with van der Waals surface area (Å²) in [4.78, 5) is 16.3. The lowest BCUT2D eigenvalue weighted by Gasteiger charge is -2.14. The van der Waals surface area contributed by atoms with Crippen molar-refractivity contribution < 1.29 is 13.9 Å². The van der Waals surface area contributed by atoms with E-state index < -0.39 is 0 Å². The molecule has 1 fully saturated rings. The van der Waals surface area contributed by atoms with E-state index in [-0.39, 0.29) is 11.4 Å². The number of ether oxygens (including phenoxy) is 1. The number of hydrogen-bond acceptors (Lipinski definition) is 4. The molecule has 0 aliphatic heterocycles. The summed E-state index contributed by atoms with van der Waals surface area (Å²) in [6, 6.07) is 0. The van der Waals surface area contributed by atoms with Gasteiger partial charge in [-0.05, 0) is 25.2 Å². The van der Waals surface area contributed by atoms with Crippen molar-refractivity contribution in [1.29, 1.82) is 0 Å². The van der Waals surface area contributed by atoms with Gasteiger partial charge in [-0.1, -0.05) is 20.8 Å². The van der Waals surface area contributed by atoms with Gasteiger partial charge < -0.3 is 9.15 Å². The summed E-state index contributed by atoms with van der Waals surface area (Å²) in [6.45, 7) is 8.52. The molecule has 0 saturated heterocycles. The van der Waals surface area contributed by atoms with Gasteiger partial charge in [0.15, 0.2) is 5.89 Å². The van der Waals surface area contributed by atoms with Crippen molar-refractivity contribution in [3.05, 3.63) is 17.3 Å². The average molecular weight is 251 g/mol. The van der Waals surface area contributed by atoms with E-state index in [2.05, 4.69) is 25.8 Å². The van der Waals surface area contributed by atoms with Gasteiger partial charge in [-0.15, -0.1) is 0 Å². The van der Waals surface area contributed by atoms with Crippen LogP contribution < -0.4 is 0 Å². The molecule has 1 aromatic heterocycles. The highest BCUT2D eigenvalue weighted by Crippen LogP contribution is 2.42. The molecule has 1 saturated carbocycles. The van der Waals surface area contributed by atoms with E-state index in [9.17, 15) is 4.79 Å². The molecule has 4 nitrogen and oxygen atoms in total. The zero-order chi connectivity index (χ0) is 13.3. The first-order chi connectivity index (χ1) is 8.40. The molecule has 0 bridgehead atoms. The summed E-state index contributed by atoms with van der Waals surface area (Å²) in [5.41, 5.74) is 0.894. The van der Waals surface area contributed by atoms with E-state index in [4.69, 9.17) is 9.15 Å². The Labute approximate surface area is 108 Å². The molecule has 18 heavy (non-hydrogen) atoms. The molecule has 2 rings (SSSR count). The molecule has 0 radical (unpaired) electrons. The van der Waals surface area contributed by atoms with Crippen molar-refractivity contribution in [3.8, 4) is 0 Å². The Hall–Kier alpha value is -1.32. The third kappa shape index (κ3) is 3.12. The van der Waals surface area contributed by atoms with Crippen molar-refractivity contribution in [3.63, 3.8) is 0 Å². The molecule has 0 N–H and O–H groups in total. The molecule has 1 aliphatic carbocycles. The van der Waals surface area contributed by atoms with Crippen LogP contribution in [0.5, 0.6) is 0 Å². The monoisotopic (exact) mass is 251 g/mol. The second-order valence-corrected chi connectivity index (χ2v) is 6.05. The van der Waals surface area contributed by atoms with Crippen LogP contribution in [0.1, 0.15) is 68.6 Å². The van der Waals surface area contributed by atoms with Crippen LogP contribution in [-0.2, 0) is 11.2 Å². The van der Waals surface area contributed by atoms with Gasteiger partial charge >= 0.3 is 5.97 Å². The van der Waals surface area contributed by atoms with Gasteiger partial charge in [0, 0.05) is 12.3 Å². The molecule has 1 aliphatic rings. The van der Waals surface area contributed by atoms with Crippen LogP contribution in [0.15, 0.2) is 4.42 Å². The van der Waals surface area contributed by atoms with Crippen molar-refractivity contribution in [2.75, 3.05) is 6.61 Å². The lowest BCUT2D eigenvalue weighted by Crippen LogP contribution is -2.09. The molecule has 1 aromatic rings. The largest absolute Gasteiger partial charge is 0.460 e. The number of rotatable bonds is 4. The SMILES string of the molecule is CCOC(=O)c1oc(CC(C)(C)C)nc1C1CC1. The minimum atomic E-state index is -0.382. The van der Waals surface area contributed by atoms with Crippen LogP contribution in [0.3, 0.4) is 0 Å². The fourth-order valence-corrected chi connectivity index (χ4v) is 1.88. The summed E-state index contributed by atoms with van der Waals surface area (Å²) >= 11 is 0. The Kier molecular flexibility index (Phi) is 3.46. The maximum atomic E-state index is 11.8. The Morgan fingerprint density at radius 2 is 2.11 bits per heavy atom. The maximum absolute atomic E-state index is 11.8. The van der Waals surface area contributed by atoms with E-state index in [1.165, 1.54) is 0 Å². The lowest BCUT2D eigenvalue weighted by atomic mass is 9.92. The van der Waals surface area contributed by atoms with E-state index in [0.717, 1.165) is 25.0 Å². The number of hydrogen-bond donors (Lipinski definition) is 0. The summed E-state index contributed by atoms with van der Waals surface area (Å²) in [6.07, 6.45) is 2.91. The molecule has 0 unspecified atom stereocenters. The van der Waals surface area contributed by atoms with Crippen LogP contribution in [-0.4, -0.2) is 17.6 Å². The first-order valence-corrected chi connectivity index (χ1v) is 6.57. The van der Waals surface area contributed by atoms with Crippen molar-refractivity contribution >= 4 is 5.97 Å². The quantitative estimate of drug-likeness (QED) is 0.770. The van der Waals surface area contributed by atoms with Crippen molar-refractivity contribution in [1.82, 2.24) is 4.98 Å². The second kappa shape index (κ2) is 4.75. The maximum Gasteiger partial charge on any atom is 0.376 e. The molecule has 1 heterocycles. The second-order valence-electron chi connectivity index (χ2n) is 6.05. The van der Waals surface area contributed by atoms with Crippen LogP contribution in [0.2, 0.25) is 0 Å². The van der Waals surface area contributed by atoms with Gasteiger partial charge in [0.1, 0.15) is 0 Å². The topological polar surface area (TPSA) is 52.3 Å². The Morgan fingerprint density at radius 3 is 2.61 bits per heavy atom. The summed E-state index contributed by atoms with van der Waals surface area (Å²) in [5, 5.41) is 0. The first kappa shape index (κ1) is 13.1. The highest BCUT2D eigenvalue weighted by molar-refractivity contribution is 5.87. The standard InChI is InChI=1S/C14H21NO3/c1-5-17-13(16)12-11(9-6-7-9)15-10(18-12)8-14(2,3)4/h9H,5-8H2,1-4H3. The van der Waals surface area contributed by atoms with Crippen LogP contribution in [0.4, 0.5) is 0 Å². The van der Waals surface area contributed by atoms with Gasteiger partial charge in [-0.3, -0.25) is 0 Å². The number of nitrogens with zero attached hydrogens (tertiary/aromatic N) is 1. The number of oxazole rings is 1. The third-order valence-electron chi connectivity index (χ3n) is 2.80. The molecule has 0 atom stereocenters. The Bertz CT molecular complexity index is 438. The van der Waals surface area contributed by atoms with Gasteiger partial charge in [-0.2, -0.15) is 0 Å². The van der Waals surface area contributed by atoms with Crippen LogP contribution in [0.25, 0.3) is 0 Å². The molecule has 100 valence electrons. The molecule has 0 aromatic carbocycles. The van der Waals surface area contributed by atoms with E-state index in [0.29, 0.717) is 24.2 Å². The normalized spacial score (nSPS) is 15.8. The predicted molar refractivity (Wildman–Crippen MR) is 67.6 cm³/mol. The smallest absolute Gasteiger partial charge is 0.376 e. The van der Waals surface area contributed by atoms with E-state index in [1.54, 1.807) is 6.92 Å². The van der Waals surface area contributed by atoms with E-state index >= 15 is 0 Å². The predicted octanol–water partition coefficient (Wildman–Crippen LogP) is 3.32. The Balaban J connectivity index is 2.24. The molecule has 4 heteroatoms. The molecular weight excluding hydrogens is 230 g/mol. The number of aromatic nitrogens is 1. The fraction of sp³-hybridized carbons (Fsp3) is 0.714. The molecular formula is C14H21NO3. The minimum absolute atomic E-state index is 0.0948. The summed E-state index contributed by atoms with van der Waals surface area (Å²) in [5.74, 6) is 0.972. The zero-order valence-corrected chi connectivity index (χ0v) is 11.6. The van der Waals surface area contributed by atoms with Crippen molar-refractivity contribution in [2.45, 2.75) is 52.9 Å². The third-order valence-corrected chi connectivity index (χ3v) is 2.80. The minimum Gasteiger partial charge on any atom is -0.460 e. The summed E-state index contributed by atoms with van der Waals surface area (Å²) < 4.78 is 10.6. The molecule has 0 amide bonds. The number of esters is 1. The van der Waals surface area contributed by atoms with Crippen LogP contribution >= 0.6 is 0 Å². The van der Waals surface area contributed by atoms with Crippen molar-refractivity contribution in [2.24, 2.45) is 5.41 Å². The summed E-state index contributed by atoms with van der Waals surface area (Å²) in [7, 11) is 0. The highest BCUT2D eigenvalue weighted by Gasteiger charge is 2.34. The lowest BCUT2D eigenvalue weighted by molar-refractivity contribution is 0.0485.